The van der Waals surface area contributed by atoms with Crippen molar-refractivity contribution < 1.29 is 0 Å². The summed E-state index contributed by atoms with van der Waals surface area (Å²) >= 11 is 0. The molecule has 56 valence electrons. The number of para-hydroxylation sites is 1. The zero-order chi connectivity index (χ0) is 7.94. The van der Waals surface area contributed by atoms with Gasteiger partial charge in [-0.1, -0.05) is 18.2 Å². The normalized spacial score (nSPS) is 11.4. The average molecular weight is 147 g/mol. The smallest absolute Gasteiger partial charge is 0.138 e. The number of aliphatic imine (C=N–C) groups is 1. The van der Waals surface area contributed by atoms with Gasteiger partial charge in [-0.15, -0.1) is 5.11 Å². The molecule has 0 radical (unpaired) electrons. The standard InChI is InChI=1S/C8H9N3/c1-9-11-7-10-8-5-3-2-4-6-8/h2-7H,1H3. The third kappa shape index (κ3) is 2.71. The molecule has 0 fully saturated rings. The molecule has 0 atom stereocenters. The van der Waals surface area contributed by atoms with Crippen molar-refractivity contribution in [1.29, 1.82) is 0 Å². The van der Waals surface area contributed by atoms with E-state index in [-0.39, 0.29) is 0 Å². The maximum atomic E-state index is 4.01. The van der Waals surface area contributed by atoms with Crippen LogP contribution >= 0.6 is 0 Å². The molecule has 0 saturated carbocycles. The highest BCUT2D eigenvalue weighted by Crippen LogP contribution is 2.07. The molecule has 0 saturated heterocycles. The summed E-state index contributed by atoms with van der Waals surface area (Å²) in [4.78, 5) is 4.01. The lowest BCUT2D eigenvalue weighted by molar-refractivity contribution is 1.22. The van der Waals surface area contributed by atoms with Crippen LogP contribution in [0.5, 0.6) is 0 Å². The average Bonchev–Trinajstić information content (AvgIpc) is 2.07. The Morgan fingerprint density at radius 1 is 1.18 bits per heavy atom. The van der Waals surface area contributed by atoms with Gasteiger partial charge in [0.2, 0.25) is 0 Å². The SMILES string of the molecule is CN=NC=Nc1ccccc1. The summed E-state index contributed by atoms with van der Waals surface area (Å²) in [5, 5.41) is 7.13. The summed E-state index contributed by atoms with van der Waals surface area (Å²) in [6.07, 6.45) is 1.43. The second kappa shape index (κ2) is 4.33. The van der Waals surface area contributed by atoms with E-state index in [0.717, 1.165) is 5.69 Å². The first-order valence-electron chi connectivity index (χ1n) is 3.30. The van der Waals surface area contributed by atoms with Gasteiger partial charge >= 0.3 is 0 Å². The highest BCUT2D eigenvalue weighted by Gasteiger charge is 1.80. The number of azo groups is 1. The van der Waals surface area contributed by atoms with Crippen LogP contribution in [0.1, 0.15) is 0 Å². The molecule has 0 aliphatic heterocycles. The fraction of sp³-hybridized carbons (Fsp3) is 0.125. The van der Waals surface area contributed by atoms with Crippen molar-refractivity contribution in [2.75, 3.05) is 7.05 Å². The molecule has 1 rings (SSSR count). The van der Waals surface area contributed by atoms with E-state index < -0.39 is 0 Å². The Kier molecular flexibility index (Phi) is 2.99. The molecule has 0 spiro atoms. The van der Waals surface area contributed by atoms with Crippen LogP contribution in [-0.4, -0.2) is 13.4 Å². The van der Waals surface area contributed by atoms with Gasteiger partial charge in [0.05, 0.1) is 5.69 Å². The van der Waals surface area contributed by atoms with E-state index in [1.807, 2.05) is 30.3 Å². The minimum absolute atomic E-state index is 0.889. The molecule has 3 heteroatoms. The molecule has 1 aromatic carbocycles. The van der Waals surface area contributed by atoms with Gasteiger partial charge < -0.3 is 0 Å². The van der Waals surface area contributed by atoms with Gasteiger partial charge in [-0.05, 0) is 12.1 Å². The number of nitrogens with zero attached hydrogens (tertiary/aromatic N) is 3. The third-order valence-corrected chi connectivity index (χ3v) is 1.13. The van der Waals surface area contributed by atoms with Gasteiger partial charge in [0.25, 0.3) is 0 Å². The van der Waals surface area contributed by atoms with Gasteiger partial charge in [-0.3, -0.25) is 0 Å². The Morgan fingerprint density at radius 3 is 2.55 bits per heavy atom. The van der Waals surface area contributed by atoms with E-state index >= 15 is 0 Å². The van der Waals surface area contributed by atoms with Gasteiger partial charge in [0.1, 0.15) is 6.34 Å². The van der Waals surface area contributed by atoms with E-state index in [9.17, 15) is 0 Å². The van der Waals surface area contributed by atoms with Gasteiger partial charge in [-0.2, -0.15) is 5.11 Å². The number of rotatable bonds is 2. The highest BCUT2D eigenvalue weighted by molar-refractivity contribution is 5.60. The van der Waals surface area contributed by atoms with Crippen LogP contribution in [0.2, 0.25) is 0 Å². The first-order chi connectivity index (χ1) is 5.43. The quantitative estimate of drug-likeness (QED) is 0.350. The monoisotopic (exact) mass is 147 g/mol. The minimum Gasteiger partial charge on any atom is -0.235 e. The molecule has 0 unspecified atom stereocenters. The van der Waals surface area contributed by atoms with Crippen molar-refractivity contribution in [3.05, 3.63) is 30.3 Å². The topological polar surface area (TPSA) is 37.1 Å². The van der Waals surface area contributed by atoms with Crippen molar-refractivity contribution in [3.8, 4) is 0 Å². The fourth-order valence-electron chi connectivity index (χ4n) is 0.658. The lowest BCUT2D eigenvalue weighted by Crippen LogP contribution is -1.64. The van der Waals surface area contributed by atoms with E-state index in [0.29, 0.717) is 0 Å². The maximum Gasteiger partial charge on any atom is 0.138 e. The Hall–Kier alpha value is -1.51. The van der Waals surface area contributed by atoms with Crippen LogP contribution in [0.3, 0.4) is 0 Å². The van der Waals surface area contributed by atoms with Gasteiger partial charge in [0, 0.05) is 7.05 Å². The van der Waals surface area contributed by atoms with Crippen molar-refractivity contribution in [3.63, 3.8) is 0 Å². The number of hydrogen-bond donors (Lipinski definition) is 0. The van der Waals surface area contributed by atoms with Crippen molar-refractivity contribution in [1.82, 2.24) is 0 Å². The first-order valence-corrected chi connectivity index (χ1v) is 3.30. The maximum absolute atomic E-state index is 4.01. The molecule has 0 bridgehead atoms. The molecule has 0 N–H and O–H groups in total. The molecule has 0 aliphatic rings. The van der Waals surface area contributed by atoms with Crippen LogP contribution in [0.25, 0.3) is 0 Å². The van der Waals surface area contributed by atoms with Crippen molar-refractivity contribution >= 4 is 12.0 Å². The van der Waals surface area contributed by atoms with Crippen molar-refractivity contribution in [2.45, 2.75) is 0 Å². The lowest BCUT2D eigenvalue weighted by atomic mass is 10.3. The Morgan fingerprint density at radius 2 is 1.91 bits per heavy atom. The highest BCUT2D eigenvalue weighted by atomic mass is 15.1. The largest absolute Gasteiger partial charge is 0.235 e. The number of benzene rings is 1. The number of hydrogen-bond acceptors (Lipinski definition) is 2. The third-order valence-electron chi connectivity index (χ3n) is 1.13. The van der Waals surface area contributed by atoms with Gasteiger partial charge in [0.15, 0.2) is 0 Å². The Bertz CT molecular complexity index is 251. The van der Waals surface area contributed by atoms with Crippen LogP contribution in [-0.2, 0) is 0 Å². The van der Waals surface area contributed by atoms with Crippen LogP contribution in [0.4, 0.5) is 5.69 Å². The van der Waals surface area contributed by atoms with E-state index in [4.69, 9.17) is 0 Å². The van der Waals surface area contributed by atoms with Crippen LogP contribution in [0.15, 0.2) is 45.6 Å². The zero-order valence-corrected chi connectivity index (χ0v) is 6.31. The van der Waals surface area contributed by atoms with E-state index in [2.05, 4.69) is 15.2 Å². The zero-order valence-electron chi connectivity index (χ0n) is 6.31. The van der Waals surface area contributed by atoms with Crippen LogP contribution < -0.4 is 0 Å². The summed E-state index contributed by atoms with van der Waals surface area (Å²) in [6, 6.07) is 9.61. The predicted molar refractivity (Wildman–Crippen MR) is 45.4 cm³/mol. The van der Waals surface area contributed by atoms with Gasteiger partial charge in [-0.25, -0.2) is 4.99 Å². The van der Waals surface area contributed by atoms with Crippen LogP contribution in [0, 0.1) is 0 Å². The molecule has 0 aromatic heterocycles. The minimum atomic E-state index is 0.889. The molecule has 1 aromatic rings. The second-order valence-electron chi connectivity index (χ2n) is 1.90. The summed E-state index contributed by atoms with van der Waals surface area (Å²) in [5.74, 6) is 0. The summed E-state index contributed by atoms with van der Waals surface area (Å²) in [6.45, 7) is 0. The molecule has 0 heterocycles. The molecule has 11 heavy (non-hydrogen) atoms. The lowest BCUT2D eigenvalue weighted by Gasteiger charge is -1.86. The summed E-state index contributed by atoms with van der Waals surface area (Å²) < 4.78 is 0. The summed E-state index contributed by atoms with van der Waals surface area (Å²) in [7, 11) is 1.61. The molecular formula is C8H9N3. The molecule has 3 nitrogen and oxygen atoms in total. The van der Waals surface area contributed by atoms with E-state index in [1.165, 1.54) is 6.34 Å². The predicted octanol–water partition coefficient (Wildman–Crippen LogP) is 2.43. The van der Waals surface area contributed by atoms with Crippen molar-refractivity contribution in [2.24, 2.45) is 15.2 Å². The molecule has 0 amide bonds. The summed E-state index contributed by atoms with van der Waals surface area (Å²) in [5.41, 5.74) is 0.889. The van der Waals surface area contributed by atoms with E-state index in [1.54, 1.807) is 7.05 Å². The first kappa shape index (κ1) is 7.60. The Balaban J connectivity index is 2.64. The molecule has 0 aliphatic carbocycles. The molecular weight excluding hydrogens is 138 g/mol. The Labute approximate surface area is 65.5 Å². The second-order valence-corrected chi connectivity index (χ2v) is 1.90. The fourth-order valence-corrected chi connectivity index (χ4v) is 0.658.